The van der Waals surface area contributed by atoms with E-state index in [0.29, 0.717) is 0 Å². The fourth-order valence-electron chi connectivity index (χ4n) is 4.91. The number of aryl methyl sites for hydroxylation is 6. The molecule has 154 valence electrons. The first-order valence-electron chi connectivity index (χ1n) is 11.2. The molecule has 0 nitrogen and oxygen atoms in total. The lowest BCUT2D eigenvalue weighted by molar-refractivity contribution is 1.02. The summed E-state index contributed by atoms with van der Waals surface area (Å²) in [6.07, 6.45) is 2.20. The Hall–Kier alpha value is -3.74. The maximum atomic E-state index is 3.48. The first kappa shape index (κ1) is 20.2. The molecule has 0 saturated carbocycles. The monoisotopic (exact) mass is 410 g/mol. The summed E-state index contributed by atoms with van der Waals surface area (Å²) in [5.74, 6) is 13.8. The van der Waals surface area contributed by atoms with Crippen LogP contribution >= 0.6 is 0 Å². The summed E-state index contributed by atoms with van der Waals surface area (Å²) in [7, 11) is 0. The lowest BCUT2D eigenvalue weighted by Gasteiger charge is -2.08. The van der Waals surface area contributed by atoms with Gasteiger partial charge in [-0.05, 0) is 116 Å². The molecule has 0 bridgehead atoms. The summed E-state index contributed by atoms with van der Waals surface area (Å²) >= 11 is 0. The molecule has 0 N–H and O–H groups in total. The molecule has 1 aliphatic carbocycles. The largest absolute Gasteiger partial charge is 0.0616 e. The highest BCUT2D eigenvalue weighted by Gasteiger charge is 2.17. The Labute approximate surface area is 191 Å². The Morgan fingerprint density at radius 2 is 0.875 bits per heavy atom. The predicted molar refractivity (Wildman–Crippen MR) is 135 cm³/mol. The van der Waals surface area contributed by atoms with Crippen LogP contribution in [0, 0.1) is 51.4 Å². The van der Waals surface area contributed by atoms with Gasteiger partial charge in [0.2, 0.25) is 0 Å². The summed E-state index contributed by atoms with van der Waals surface area (Å²) in [6.45, 7) is 8.49. The number of rotatable bonds is 0. The van der Waals surface area contributed by atoms with Gasteiger partial charge in [0.05, 0.1) is 0 Å². The van der Waals surface area contributed by atoms with Gasteiger partial charge in [0.15, 0.2) is 0 Å². The molecule has 0 saturated heterocycles. The van der Waals surface area contributed by atoms with Gasteiger partial charge < -0.3 is 0 Å². The van der Waals surface area contributed by atoms with E-state index in [-0.39, 0.29) is 0 Å². The zero-order valence-corrected chi connectivity index (χ0v) is 19.2. The smallest absolute Gasteiger partial charge is 0.0340 e. The third kappa shape index (κ3) is 3.93. The van der Waals surface area contributed by atoms with Crippen LogP contribution in [-0.4, -0.2) is 0 Å². The second-order valence-corrected chi connectivity index (χ2v) is 9.05. The summed E-state index contributed by atoms with van der Waals surface area (Å²) in [5.41, 5.74) is 12.1. The van der Waals surface area contributed by atoms with Crippen LogP contribution in [0.25, 0.3) is 10.8 Å². The van der Waals surface area contributed by atoms with Gasteiger partial charge in [0.25, 0.3) is 0 Å². The topological polar surface area (TPSA) is 0 Å². The van der Waals surface area contributed by atoms with E-state index in [1.165, 1.54) is 44.2 Å². The normalized spacial score (nSPS) is 11.6. The first-order valence-corrected chi connectivity index (χ1v) is 11.2. The van der Waals surface area contributed by atoms with Crippen molar-refractivity contribution < 1.29 is 0 Å². The Kier molecular flexibility index (Phi) is 5.09. The number of benzene rings is 4. The van der Waals surface area contributed by atoms with E-state index < -0.39 is 0 Å². The zero-order valence-electron chi connectivity index (χ0n) is 19.2. The molecule has 0 aromatic heterocycles. The molecule has 0 fully saturated rings. The van der Waals surface area contributed by atoms with Gasteiger partial charge in [-0.1, -0.05) is 47.9 Å². The van der Waals surface area contributed by atoms with Crippen molar-refractivity contribution in [1.29, 1.82) is 0 Å². The summed E-state index contributed by atoms with van der Waals surface area (Å²) < 4.78 is 0. The van der Waals surface area contributed by atoms with E-state index in [1.54, 1.807) is 0 Å². The highest BCUT2D eigenvalue weighted by atomic mass is 14.2. The van der Waals surface area contributed by atoms with Crippen LogP contribution in [0.1, 0.15) is 55.6 Å². The third-order valence-corrected chi connectivity index (χ3v) is 6.12. The molecule has 0 heteroatoms. The van der Waals surface area contributed by atoms with Crippen molar-refractivity contribution in [3.63, 3.8) is 0 Å². The standard InChI is InChI=1S/C32H26/c1-21-15-22(2)18-25(17-21)5-7-27-9-11-29-13-14-30-12-10-28(31(27)32(29)30)8-6-26-19-23(3)16-24(4)20-26/h9-12,15-20H,13-14H2,1-4H3. The van der Waals surface area contributed by atoms with Crippen molar-refractivity contribution in [3.8, 4) is 23.7 Å². The summed E-state index contributed by atoms with van der Waals surface area (Å²) in [4.78, 5) is 0. The van der Waals surface area contributed by atoms with Crippen molar-refractivity contribution in [3.05, 3.63) is 116 Å². The minimum absolute atomic E-state index is 1.06. The van der Waals surface area contributed by atoms with Gasteiger partial charge in [-0.15, -0.1) is 0 Å². The van der Waals surface area contributed by atoms with E-state index in [1.807, 2.05) is 0 Å². The molecule has 0 radical (unpaired) electrons. The van der Waals surface area contributed by atoms with E-state index in [0.717, 1.165) is 35.1 Å². The molecule has 4 aromatic rings. The van der Waals surface area contributed by atoms with E-state index >= 15 is 0 Å². The van der Waals surface area contributed by atoms with Crippen LogP contribution in [0.5, 0.6) is 0 Å². The fourth-order valence-corrected chi connectivity index (χ4v) is 4.91. The highest BCUT2D eigenvalue weighted by molar-refractivity contribution is 5.99. The van der Waals surface area contributed by atoms with Crippen LogP contribution in [-0.2, 0) is 12.8 Å². The summed E-state index contributed by atoms with van der Waals surface area (Å²) in [5, 5.41) is 2.58. The van der Waals surface area contributed by atoms with Crippen molar-refractivity contribution in [1.82, 2.24) is 0 Å². The van der Waals surface area contributed by atoms with Crippen LogP contribution in [0.2, 0.25) is 0 Å². The van der Waals surface area contributed by atoms with Crippen LogP contribution in [0.15, 0.2) is 60.7 Å². The Balaban J connectivity index is 1.68. The van der Waals surface area contributed by atoms with Gasteiger partial charge in [-0.3, -0.25) is 0 Å². The SMILES string of the molecule is Cc1cc(C)cc(C#Cc2ccc3c4c(ccc(C#Cc5cc(C)cc(C)c5)c24)CC3)c1. The number of hydrogen-bond acceptors (Lipinski definition) is 0. The van der Waals surface area contributed by atoms with E-state index in [4.69, 9.17) is 0 Å². The van der Waals surface area contributed by atoms with E-state index in [9.17, 15) is 0 Å². The Morgan fingerprint density at radius 3 is 1.28 bits per heavy atom. The minimum atomic E-state index is 1.06. The lowest BCUT2D eigenvalue weighted by atomic mass is 9.95. The average molecular weight is 411 g/mol. The van der Waals surface area contributed by atoms with Crippen LogP contribution in [0.3, 0.4) is 0 Å². The molecule has 0 unspecified atom stereocenters. The van der Waals surface area contributed by atoms with Crippen molar-refractivity contribution >= 4 is 10.8 Å². The predicted octanol–water partition coefficient (Wildman–Crippen LogP) is 6.97. The Bertz CT molecular complexity index is 1350. The molecule has 0 amide bonds. The van der Waals surface area contributed by atoms with Gasteiger partial charge in [-0.2, -0.15) is 0 Å². The first-order chi connectivity index (χ1) is 15.5. The van der Waals surface area contributed by atoms with Crippen molar-refractivity contribution in [2.45, 2.75) is 40.5 Å². The Morgan fingerprint density at radius 1 is 0.469 bits per heavy atom. The van der Waals surface area contributed by atoms with Crippen molar-refractivity contribution in [2.75, 3.05) is 0 Å². The summed E-state index contributed by atoms with van der Waals surface area (Å²) in [6, 6.07) is 21.9. The number of hydrogen-bond donors (Lipinski definition) is 0. The quantitative estimate of drug-likeness (QED) is 0.275. The van der Waals surface area contributed by atoms with Gasteiger partial charge in [0.1, 0.15) is 0 Å². The molecular formula is C32H26. The molecule has 4 aromatic carbocycles. The second kappa shape index (κ2) is 8.07. The minimum Gasteiger partial charge on any atom is -0.0616 e. The van der Waals surface area contributed by atoms with E-state index in [2.05, 4.69) is 112 Å². The molecular weight excluding hydrogens is 384 g/mol. The molecule has 0 atom stereocenters. The average Bonchev–Trinajstić information content (AvgIpc) is 3.15. The fraction of sp³-hybridized carbons (Fsp3) is 0.188. The highest BCUT2D eigenvalue weighted by Crippen LogP contribution is 2.34. The zero-order chi connectivity index (χ0) is 22.2. The molecule has 0 spiro atoms. The van der Waals surface area contributed by atoms with Gasteiger partial charge in [-0.25, -0.2) is 0 Å². The molecule has 0 heterocycles. The molecule has 1 aliphatic rings. The molecule has 5 rings (SSSR count). The third-order valence-electron chi connectivity index (χ3n) is 6.12. The van der Waals surface area contributed by atoms with Gasteiger partial charge >= 0.3 is 0 Å². The second-order valence-electron chi connectivity index (χ2n) is 9.05. The molecule has 32 heavy (non-hydrogen) atoms. The van der Waals surface area contributed by atoms with Gasteiger partial charge in [0, 0.05) is 27.6 Å². The lowest BCUT2D eigenvalue weighted by Crippen LogP contribution is -1.90. The van der Waals surface area contributed by atoms with Crippen LogP contribution < -0.4 is 0 Å². The van der Waals surface area contributed by atoms with Crippen LogP contribution in [0.4, 0.5) is 0 Å². The molecule has 0 aliphatic heterocycles. The van der Waals surface area contributed by atoms with Crippen molar-refractivity contribution in [2.24, 2.45) is 0 Å². The maximum Gasteiger partial charge on any atom is 0.0340 e. The maximum absolute atomic E-state index is 3.48.